The summed E-state index contributed by atoms with van der Waals surface area (Å²) in [6.45, 7) is -0.362. The minimum atomic E-state index is -2.71. The highest BCUT2D eigenvalue weighted by Crippen LogP contribution is 2.30. The van der Waals surface area contributed by atoms with Crippen LogP contribution in [0.15, 0.2) is 6.20 Å². The van der Waals surface area contributed by atoms with Crippen molar-refractivity contribution >= 4 is 34.2 Å². The van der Waals surface area contributed by atoms with Crippen LogP contribution in [-0.4, -0.2) is 10.1 Å². The Bertz CT molecular complexity index is 322. The number of halogens is 4. The summed E-state index contributed by atoms with van der Waals surface area (Å²) in [6, 6.07) is 0. The van der Waals surface area contributed by atoms with E-state index in [1.165, 1.54) is 6.20 Å². The van der Waals surface area contributed by atoms with Gasteiger partial charge in [-0.2, -0.15) is 0 Å². The summed E-state index contributed by atoms with van der Waals surface area (Å²) < 4.78 is 25.1. The van der Waals surface area contributed by atoms with E-state index in [0.717, 1.165) is 0 Å². The third-order valence-electron chi connectivity index (χ3n) is 1.46. The molecule has 0 saturated carbocycles. The molecule has 13 heavy (non-hydrogen) atoms. The standard InChI is InChI=1S/C7H5ClF2INO/c8-5-3(2-13)4(11)1-12-6(5)7(9)10/h1,7,13H,2H2. The van der Waals surface area contributed by atoms with E-state index < -0.39 is 12.1 Å². The highest BCUT2D eigenvalue weighted by molar-refractivity contribution is 14.1. The van der Waals surface area contributed by atoms with E-state index in [1.807, 2.05) is 22.6 Å². The number of aromatic nitrogens is 1. The first-order chi connectivity index (χ1) is 6.07. The molecule has 0 aliphatic rings. The predicted octanol–water partition coefficient (Wildman–Crippen LogP) is 2.77. The van der Waals surface area contributed by atoms with E-state index in [9.17, 15) is 8.78 Å². The summed E-state index contributed by atoms with van der Waals surface area (Å²) in [5.41, 5.74) is -0.182. The fourth-order valence-electron chi connectivity index (χ4n) is 0.817. The average molecular weight is 319 g/mol. The number of aliphatic hydroxyl groups excluding tert-OH is 1. The molecular weight excluding hydrogens is 314 g/mol. The van der Waals surface area contributed by atoms with Crippen molar-refractivity contribution in [2.75, 3.05) is 0 Å². The summed E-state index contributed by atoms with van der Waals surface area (Å²) in [4.78, 5) is 3.49. The number of hydrogen-bond donors (Lipinski definition) is 1. The van der Waals surface area contributed by atoms with Crippen LogP contribution in [0.3, 0.4) is 0 Å². The molecule has 0 aliphatic carbocycles. The Labute approximate surface area is 92.1 Å². The smallest absolute Gasteiger partial charge is 0.281 e. The van der Waals surface area contributed by atoms with E-state index >= 15 is 0 Å². The van der Waals surface area contributed by atoms with Crippen molar-refractivity contribution in [1.82, 2.24) is 4.98 Å². The lowest BCUT2D eigenvalue weighted by Gasteiger charge is -2.07. The van der Waals surface area contributed by atoms with Gasteiger partial charge in [0, 0.05) is 15.3 Å². The Morgan fingerprint density at radius 2 is 2.23 bits per heavy atom. The quantitative estimate of drug-likeness (QED) is 0.850. The molecule has 0 saturated heterocycles. The lowest BCUT2D eigenvalue weighted by molar-refractivity contribution is 0.146. The van der Waals surface area contributed by atoms with Crippen LogP contribution in [0.1, 0.15) is 17.7 Å². The van der Waals surface area contributed by atoms with Crippen molar-refractivity contribution < 1.29 is 13.9 Å². The summed E-state index contributed by atoms with van der Waals surface area (Å²) in [5, 5.41) is 8.69. The van der Waals surface area contributed by atoms with Gasteiger partial charge in [-0.05, 0) is 22.6 Å². The summed E-state index contributed by atoms with van der Waals surface area (Å²) >= 11 is 7.48. The Hall–Kier alpha value is -0.0100. The van der Waals surface area contributed by atoms with E-state index in [-0.39, 0.29) is 11.6 Å². The summed E-state index contributed by atoms with van der Waals surface area (Å²) in [6.07, 6.45) is -1.45. The van der Waals surface area contributed by atoms with E-state index in [2.05, 4.69) is 4.98 Å². The highest BCUT2D eigenvalue weighted by atomic mass is 127. The summed E-state index contributed by atoms with van der Waals surface area (Å²) in [5.74, 6) is 0. The Kier molecular flexibility index (Phi) is 3.81. The monoisotopic (exact) mass is 319 g/mol. The van der Waals surface area contributed by atoms with Gasteiger partial charge in [-0.25, -0.2) is 8.78 Å². The molecular formula is C7H5ClF2INO. The second-order valence-corrected chi connectivity index (χ2v) is 3.78. The van der Waals surface area contributed by atoms with Crippen LogP contribution < -0.4 is 0 Å². The minimum absolute atomic E-state index is 0.149. The first kappa shape index (κ1) is 11.1. The van der Waals surface area contributed by atoms with Gasteiger partial charge in [-0.1, -0.05) is 11.6 Å². The van der Waals surface area contributed by atoms with Crippen LogP contribution in [0.25, 0.3) is 0 Å². The first-order valence-electron chi connectivity index (χ1n) is 3.29. The molecule has 0 radical (unpaired) electrons. The Morgan fingerprint density at radius 3 is 2.69 bits per heavy atom. The van der Waals surface area contributed by atoms with Gasteiger partial charge in [0.2, 0.25) is 0 Å². The lowest BCUT2D eigenvalue weighted by atomic mass is 10.2. The number of aliphatic hydroxyl groups is 1. The topological polar surface area (TPSA) is 33.1 Å². The predicted molar refractivity (Wildman–Crippen MR) is 52.8 cm³/mol. The molecule has 0 fully saturated rings. The van der Waals surface area contributed by atoms with Crippen molar-refractivity contribution in [2.45, 2.75) is 13.0 Å². The number of pyridine rings is 1. The molecule has 0 bridgehead atoms. The van der Waals surface area contributed by atoms with Crippen LogP contribution in [-0.2, 0) is 6.61 Å². The van der Waals surface area contributed by atoms with E-state index in [4.69, 9.17) is 16.7 Å². The van der Waals surface area contributed by atoms with Gasteiger partial charge in [0.05, 0.1) is 11.6 Å². The maximum Gasteiger partial charge on any atom is 0.281 e. The maximum absolute atomic E-state index is 12.2. The molecule has 0 aliphatic heterocycles. The molecule has 1 rings (SSSR count). The van der Waals surface area contributed by atoms with Crippen LogP contribution in [0.5, 0.6) is 0 Å². The van der Waals surface area contributed by atoms with Crippen LogP contribution >= 0.6 is 34.2 Å². The van der Waals surface area contributed by atoms with Crippen molar-refractivity contribution in [3.05, 3.63) is 26.0 Å². The molecule has 1 heterocycles. The Morgan fingerprint density at radius 1 is 1.62 bits per heavy atom. The van der Waals surface area contributed by atoms with Crippen molar-refractivity contribution in [1.29, 1.82) is 0 Å². The first-order valence-corrected chi connectivity index (χ1v) is 4.75. The van der Waals surface area contributed by atoms with Gasteiger partial charge in [0.15, 0.2) is 0 Å². The van der Waals surface area contributed by atoms with Crippen LogP contribution in [0.4, 0.5) is 8.78 Å². The Balaban J connectivity index is 3.27. The number of rotatable bonds is 2. The molecule has 2 nitrogen and oxygen atoms in total. The number of nitrogens with zero attached hydrogens (tertiary/aromatic N) is 1. The van der Waals surface area contributed by atoms with Crippen LogP contribution in [0, 0.1) is 3.57 Å². The fraction of sp³-hybridized carbons (Fsp3) is 0.286. The molecule has 0 spiro atoms. The van der Waals surface area contributed by atoms with Crippen LogP contribution in [0.2, 0.25) is 5.02 Å². The molecule has 0 unspecified atom stereocenters. The SMILES string of the molecule is OCc1c(I)cnc(C(F)F)c1Cl. The second kappa shape index (κ2) is 4.47. The van der Waals surface area contributed by atoms with E-state index in [1.54, 1.807) is 0 Å². The van der Waals surface area contributed by atoms with Crippen molar-refractivity contribution in [3.63, 3.8) is 0 Å². The molecule has 72 valence electrons. The normalized spacial score (nSPS) is 10.9. The van der Waals surface area contributed by atoms with Gasteiger partial charge in [0.1, 0.15) is 5.69 Å². The number of alkyl halides is 2. The highest BCUT2D eigenvalue weighted by Gasteiger charge is 2.17. The molecule has 1 aromatic heterocycles. The van der Waals surface area contributed by atoms with E-state index in [0.29, 0.717) is 9.13 Å². The maximum atomic E-state index is 12.2. The zero-order valence-corrected chi connectivity index (χ0v) is 9.18. The molecule has 0 amide bonds. The lowest BCUT2D eigenvalue weighted by Crippen LogP contribution is -1.99. The largest absolute Gasteiger partial charge is 0.392 e. The second-order valence-electron chi connectivity index (χ2n) is 2.24. The zero-order chi connectivity index (χ0) is 10.0. The number of hydrogen-bond acceptors (Lipinski definition) is 2. The van der Waals surface area contributed by atoms with Gasteiger partial charge >= 0.3 is 0 Å². The third kappa shape index (κ3) is 2.26. The van der Waals surface area contributed by atoms with Crippen molar-refractivity contribution in [3.8, 4) is 0 Å². The van der Waals surface area contributed by atoms with Gasteiger partial charge in [-0.3, -0.25) is 4.98 Å². The zero-order valence-electron chi connectivity index (χ0n) is 6.27. The van der Waals surface area contributed by atoms with Gasteiger partial charge < -0.3 is 5.11 Å². The minimum Gasteiger partial charge on any atom is -0.392 e. The molecule has 6 heteroatoms. The molecule has 0 aromatic carbocycles. The van der Waals surface area contributed by atoms with Crippen molar-refractivity contribution in [2.24, 2.45) is 0 Å². The van der Waals surface area contributed by atoms with Gasteiger partial charge in [0.25, 0.3) is 6.43 Å². The third-order valence-corrected chi connectivity index (χ3v) is 2.81. The molecule has 1 N–H and O–H groups in total. The fourth-order valence-corrected chi connectivity index (χ4v) is 1.85. The molecule has 0 atom stereocenters. The summed E-state index contributed by atoms with van der Waals surface area (Å²) in [7, 11) is 0. The van der Waals surface area contributed by atoms with Gasteiger partial charge in [-0.15, -0.1) is 0 Å². The average Bonchev–Trinajstić information content (AvgIpc) is 2.04. The molecule has 1 aromatic rings.